The molecule has 2 fully saturated rings. The van der Waals surface area contributed by atoms with Gasteiger partial charge in [0.1, 0.15) is 6.04 Å². The first-order valence-corrected chi connectivity index (χ1v) is 7.38. The lowest BCUT2D eigenvalue weighted by molar-refractivity contribution is -0.145. The topological polar surface area (TPSA) is 116 Å². The predicted octanol–water partition coefficient (Wildman–Crippen LogP) is 1.04. The fourth-order valence-electron chi connectivity index (χ4n) is 3.79. The van der Waals surface area contributed by atoms with Crippen LogP contribution in [0.4, 0.5) is 4.79 Å². The highest BCUT2D eigenvalue weighted by atomic mass is 16.4. The minimum absolute atomic E-state index is 0.0282. The molecule has 7 heteroatoms. The van der Waals surface area contributed by atoms with Crippen LogP contribution in [0.15, 0.2) is 0 Å². The summed E-state index contributed by atoms with van der Waals surface area (Å²) in [5.41, 5.74) is 0. The molecular weight excluding hydrogens is 276 g/mol. The molecule has 0 radical (unpaired) electrons. The number of hydrogen-bond donors (Lipinski definition) is 4. The van der Waals surface area contributed by atoms with Crippen LogP contribution in [0.3, 0.4) is 0 Å². The molecule has 2 aliphatic carbocycles. The van der Waals surface area contributed by atoms with Crippen molar-refractivity contribution in [3.63, 3.8) is 0 Å². The van der Waals surface area contributed by atoms with E-state index in [1.54, 1.807) is 0 Å². The molecule has 4 N–H and O–H groups in total. The molecule has 5 atom stereocenters. The number of carbonyl (C=O) groups is 3. The number of carboxylic acid groups (broad SMARTS) is 2. The first kappa shape index (κ1) is 15.6. The SMILES string of the molecule is CC(NC(=O)NC(CC(=O)O)C(=O)O)C1CC2CCC1C2. The molecular formula is C14H22N2O5. The average Bonchev–Trinajstić information content (AvgIpc) is 2.99. The van der Waals surface area contributed by atoms with E-state index in [0.29, 0.717) is 11.8 Å². The minimum Gasteiger partial charge on any atom is -0.481 e. The van der Waals surface area contributed by atoms with E-state index in [9.17, 15) is 14.4 Å². The quantitative estimate of drug-likeness (QED) is 0.584. The molecule has 118 valence electrons. The zero-order valence-corrected chi connectivity index (χ0v) is 12.0. The Labute approximate surface area is 123 Å². The molecule has 0 aromatic carbocycles. The number of rotatable bonds is 6. The number of nitrogens with one attached hydrogen (secondary N) is 2. The molecule has 0 aromatic heterocycles. The Balaban J connectivity index is 1.82. The Morgan fingerprint density at radius 3 is 2.33 bits per heavy atom. The van der Waals surface area contributed by atoms with Crippen molar-refractivity contribution in [1.29, 1.82) is 0 Å². The van der Waals surface area contributed by atoms with Gasteiger partial charge in [-0.25, -0.2) is 9.59 Å². The van der Waals surface area contributed by atoms with E-state index >= 15 is 0 Å². The molecule has 21 heavy (non-hydrogen) atoms. The van der Waals surface area contributed by atoms with E-state index in [0.717, 1.165) is 12.3 Å². The maximum Gasteiger partial charge on any atom is 0.326 e. The molecule has 2 amide bonds. The molecule has 7 nitrogen and oxygen atoms in total. The van der Waals surface area contributed by atoms with Gasteiger partial charge >= 0.3 is 18.0 Å². The van der Waals surface area contributed by atoms with Crippen LogP contribution < -0.4 is 10.6 Å². The summed E-state index contributed by atoms with van der Waals surface area (Å²) in [4.78, 5) is 33.3. The van der Waals surface area contributed by atoms with Crippen LogP contribution in [-0.4, -0.2) is 40.3 Å². The number of carbonyl (C=O) groups excluding carboxylic acids is 1. The normalized spacial score (nSPS) is 29.7. The maximum atomic E-state index is 11.8. The molecule has 2 rings (SSSR count). The number of hydrogen-bond acceptors (Lipinski definition) is 3. The fourth-order valence-corrected chi connectivity index (χ4v) is 3.79. The van der Waals surface area contributed by atoms with Gasteiger partial charge < -0.3 is 20.8 Å². The summed E-state index contributed by atoms with van der Waals surface area (Å²) in [6.45, 7) is 1.93. The van der Waals surface area contributed by atoms with Crippen LogP contribution in [0.5, 0.6) is 0 Å². The van der Waals surface area contributed by atoms with Crippen molar-refractivity contribution in [3.8, 4) is 0 Å². The number of fused-ring (bicyclic) bond motifs is 2. The van der Waals surface area contributed by atoms with Crippen LogP contribution in [0.25, 0.3) is 0 Å². The standard InChI is InChI=1S/C14H22N2O5/c1-7(10-5-8-2-3-9(10)4-8)15-14(21)16-11(13(19)20)6-12(17)18/h7-11H,2-6H2,1H3,(H,17,18)(H,19,20)(H2,15,16,21). The van der Waals surface area contributed by atoms with Gasteiger partial charge in [-0.05, 0) is 43.9 Å². The first-order chi connectivity index (χ1) is 9.86. The van der Waals surface area contributed by atoms with Crippen molar-refractivity contribution in [3.05, 3.63) is 0 Å². The van der Waals surface area contributed by atoms with Gasteiger partial charge in [0.25, 0.3) is 0 Å². The van der Waals surface area contributed by atoms with Gasteiger partial charge in [0, 0.05) is 6.04 Å². The van der Waals surface area contributed by atoms with Gasteiger partial charge in [0.2, 0.25) is 0 Å². The summed E-state index contributed by atoms with van der Waals surface area (Å²) in [5.74, 6) is -0.744. The maximum absolute atomic E-state index is 11.8. The second-order valence-corrected chi connectivity index (χ2v) is 6.23. The van der Waals surface area contributed by atoms with Crippen molar-refractivity contribution in [2.24, 2.45) is 17.8 Å². The van der Waals surface area contributed by atoms with Crippen molar-refractivity contribution in [2.75, 3.05) is 0 Å². The van der Waals surface area contributed by atoms with Gasteiger partial charge in [-0.2, -0.15) is 0 Å². The highest BCUT2D eigenvalue weighted by Gasteiger charge is 2.42. The van der Waals surface area contributed by atoms with E-state index < -0.39 is 30.4 Å². The van der Waals surface area contributed by atoms with Crippen LogP contribution >= 0.6 is 0 Å². The fraction of sp³-hybridized carbons (Fsp3) is 0.786. The van der Waals surface area contributed by atoms with E-state index in [-0.39, 0.29) is 6.04 Å². The lowest BCUT2D eigenvalue weighted by Crippen LogP contribution is -2.51. The number of aliphatic carboxylic acids is 2. The monoisotopic (exact) mass is 298 g/mol. The van der Waals surface area contributed by atoms with Crippen LogP contribution in [-0.2, 0) is 9.59 Å². The summed E-state index contributed by atoms with van der Waals surface area (Å²) in [7, 11) is 0. The molecule has 2 bridgehead atoms. The molecule has 0 saturated heterocycles. The summed E-state index contributed by atoms with van der Waals surface area (Å²) in [5, 5.41) is 22.5. The Bertz CT molecular complexity index is 439. The van der Waals surface area contributed by atoms with Gasteiger partial charge in [0.05, 0.1) is 6.42 Å². The van der Waals surface area contributed by atoms with Crippen molar-refractivity contribution in [1.82, 2.24) is 10.6 Å². The van der Waals surface area contributed by atoms with Crippen LogP contribution in [0.2, 0.25) is 0 Å². The lowest BCUT2D eigenvalue weighted by atomic mass is 9.84. The third-order valence-corrected chi connectivity index (χ3v) is 4.78. The van der Waals surface area contributed by atoms with E-state index in [2.05, 4.69) is 10.6 Å². The molecule has 0 aromatic rings. The van der Waals surface area contributed by atoms with Gasteiger partial charge in [-0.1, -0.05) is 6.42 Å². The first-order valence-electron chi connectivity index (χ1n) is 7.38. The van der Waals surface area contributed by atoms with E-state index in [4.69, 9.17) is 10.2 Å². The predicted molar refractivity (Wildman–Crippen MR) is 73.7 cm³/mol. The smallest absolute Gasteiger partial charge is 0.326 e. The van der Waals surface area contributed by atoms with Crippen LogP contribution in [0, 0.1) is 17.8 Å². The molecule has 0 spiro atoms. The van der Waals surface area contributed by atoms with Crippen molar-refractivity contribution >= 4 is 18.0 Å². The van der Waals surface area contributed by atoms with Gasteiger partial charge in [-0.15, -0.1) is 0 Å². The third kappa shape index (κ3) is 3.86. The summed E-state index contributed by atoms with van der Waals surface area (Å²) in [6.07, 6.45) is 4.20. The Kier molecular flexibility index (Phi) is 4.69. The highest BCUT2D eigenvalue weighted by Crippen LogP contribution is 2.49. The van der Waals surface area contributed by atoms with Crippen LogP contribution in [0.1, 0.15) is 39.0 Å². The molecule has 5 unspecified atom stereocenters. The second-order valence-electron chi connectivity index (χ2n) is 6.23. The zero-order chi connectivity index (χ0) is 15.6. The molecule has 0 heterocycles. The third-order valence-electron chi connectivity index (χ3n) is 4.78. The zero-order valence-electron chi connectivity index (χ0n) is 12.0. The summed E-state index contributed by atoms with van der Waals surface area (Å²) in [6, 6.07) is -2.05. The largest absolute Gasteiger partial charge is 0.481 e. The number of amides is 2. The van der Waals surface area contributed by atoms with Gasteiger partial charge in [-0.3, -0.25) is 4.79 Å². The Morgan fingerprint density at radius 1 is 1.14 bits per heavy atom. The average molecular weight is 298 g/mol. The van der Waals surface area contributed by atoms with Gasteiger partial charge in [0.15, 0.2) is 0 Å². The van der Waals surface area contributed by atoms with Crippen molar-refractivity contribution in [2.45, 2.75) is 51.1 Å². The Morgan fingerprint density at radius 2 is 1.86 bits per heavy atom. The number of carboxylic acids is 2. The van der Waals surface area contributed by atoms with E-state index in [1.807, 2.05) is 6.92 Å². The number of urea groups is 1. The molecule has 2 aliphatic rings. The second kappa shape index (κ2) is 6.32. The molecule has 0 aliphatic heterocycles. The molecule has 2 saturated carbocycles. The van der Waals surface area contributed by atoms with E-state index in [1.165, 1.54) is 19.3 Å². The summed E-state index contributed by atoms with van der Waals surface area (Å²) >= 11 is 0. The Hall–Kier alpha value is -1.79. The summed E-state index contributed by atoms with van der Waals surface area (Å²) < 4.78 is 0. The highest BCUT2D eigenvalue weighted by molar-refractivity contribution is 5.86. The lowest BCUT2D eigenvalue weighted by Gasteiger charge is -2.29. The van der Waals surface area contributed by atoms with Crippen molar-refractivity contribution < 1.29 is 24.6 Å². The minimum atomic E-state index is -1.41.